The number of hydrogen-bond acceptors (Lipinski definition) is 9. The fourth-order valence-corrected chi connectivity index (χ4v) is 3.23. The standard InChI is InChI=1S/C20H24FN9O4/c1-4-14(27-20(32)33)10(2)25-18-13(21)8-12(16(22)31)17(28-18)26-11-7-15(19(34-3)23-9-11)30-6-5-24-29-30/h5-10,14,27H,4H2,1-3H3,(H2,22,31)(H,32,33)(H2,25,26,28)/t10-,14+/m1/s1. The van der Waals surface area contributed by atoms with E-state index in [1.807, 2.05) is 0 Å². The normalized spacial score (nSPS) is 12.5. The van der Waals surface area contributed by atoms with Gasteiger partial charge in [-0.15, -0.1) is 5.10 Å². The van der Waals surface area contributed by atoms with Crippen molar-refractivity contribution in [1.29, 1.82) is 0 Å². The molecule has 3 heterocycles. The Bertz CT molecular complexity index is 1170. The molecule has 0 aliphatic heterocycles. The Hall–Kier alpha value is -4.49. The second-order valence-corrected chi connectivity index (χ2v) is 7.20. The van der Waals surface area contributed by atoms with Gasteiger partial charge in [0.25, 0.3) is 5.91 Å². The third-order valence-electron chi connectivity index (χ3n) is 4.92. The second-order valence-electron chi connectivity index (χ2n) is 7.20. The zero-order chi connectivity index (χ0) is 24.8. The van der Waals surface area contributed by atoms with Gasteiger partial charge in [0.1, 0.15) is 11.5 Å². The summed E-state index contributed by atoms with van der Waals surface area (Å²) in [4.78, 5) is 31.4. The summed E-state index contributed by atoms with van der Waals surface area (Å²) in [6, 6.07) is 1.54. The van der Waals surface area contributed by atoms with Crippen LogP contribution in [-0.4, -0.2) is 61.3 Å². The topological polar surface area (TPSA) is 182 Å². The molecule has 0 aromatic carbocycles. The largest absolute Gasteiger partial charge is 0.479 e. The summed E-state index contributed by atoms with van der Waals surface area (Å²) in [7, 11) is 1.45. The fraction of sp³-hybridized carbons (Fsp3) is 0.300. The van der Waals surface area contributed by atoms with E-state index in [-0.39, 0.29) is 23.1 Å². The number of amides is 2. The van der Waals surface area contributed by atoms with E-state index >= 15 is 0 Å². The van der Waals surface area contributed by atoms with Crippen LogP contribution in [0.15, 0.2) is 30.7 Å². The first-order valence-corrected chi connectivity index (χ1v) is 10.2. The molecule has 34 heavy (non-hydrogen) atoms. The number of nitrogens with zero attached hydrogens (tertiary/aromatic N) is 5. The van der Waals surface area contributed by atoms with Gasteiger partial charge in [0.05, 0.1) is 43.0 Å². The third kappa shape index (κ3) is 5.46. The van der Waals surface area contributed by atoms with Crippen molar-refractivity contribution in [2.75, 3.05) is 17.7 Å². The van der Waals surface area contributed by atoms with Gasteiger partial charge in [-0.3, -0.25) is 4.79 Å². The molecule has 3 rings (SSSR count). The molecule has 180 valence electrons. The van der Waals surface area contributed by atoms with E-state index in [0.717, 1.165) is 6.07 Å². The van der Waals surface area contributed by atoms with Crippen LogP contribution in [0, 0.1) is 5.82 Å². The molecule has 0 saturated heterocycles. The summed E-state index contributed by atoms with van der Waals surface area (Å²) in [6.45, 7) is 3.47. The van der Waals surface area contributed by atoms with Crippen LogP contribution in [0.3, 0.4) is 0 Å². The van der Waals surface area contributed by atoms with Crippen molar-refractivity contribution in [3.8, 4) is 11.6 Å². The number of primary amides is 1. The molecule has 0 spiro atoms. The maximum atomic E-state index is 14.7. The SMILES string of the molecule is CC[C@H](NC(=O)O)[C@@H](C)Nc1nc(Nc2cnc(OC)c(-n3ccnn3)c2)c(C(N)=O)cc1F. The molecular formula is C20H24FN9O4. The van der Waals surface area contributed by atoms with Crippen molar-refractivity contribution < 1.29 is 23.8 Å². The Morgan fingerprint density at radius 3 is 2.68 bits per heavy atom. The van der Waals surface area contributed by atoms with Crippen LogP contribution in [-0.2, 0) is 0 Å². The van der Waals surface area contributed by atoms with Gasteiger partial charge in [-0.1, -0.05) is 12.1 Å². The Kier molecular flexibility index (Phi) is 7.40. The third-order valence-corrected chi connectivity index (χ3v) is 4.92. The van der Waals surface area contributed by atoms with Crippen LogP contribution in [0.5, 0.6) is 5.88 Å². The lowest BCUT2D eigenvalue weighted by Crippen LogP contribution is -2.44. The number of methoxy groups -OCH3 is 1. The first kappa shape index (κ1) is 24.2. The van der Waals surface area contributed by atoms with Crippen LogP contribution in [0.1, 0.15) is 30.6 Å². The van der Waals surface area contributed by atoms with Gasteiger partial charge in [-0.2, -0.15) is 0 Å². The van der Waals surface area contributed by atoms with Gasteiger partial charge in [0.2, 0.25) is 5.88 Å². The predicted molar refractivity (Wildman–Crippen MR) is 120 cm³/mol. The van der Waals surface area contributed by atoms with Crippen molar-refractivity contribution in [1.82, 2.24) is 30.3 Å². The van der Waals surface area contributed by atoms with Crippen molar-refractivity contribution in [3.63, 3.8) is 0 Å². The van der Waals surface area contributed by atoms with Crippen LogP contribution in [0.2, 0.25) is 0 Å². The van der Waals surface area contributed by atoms with Gasteiger partial charge in [0.15, 0.2) is 11.6 Å². The Balaban J connectivity index is 1.96. The molecule has 0 unspecified atom stereocenters. The highest BCUT2D eigenvalue weighted by Crippen LogP contribution is 2.28. The lowest BCUT2D eigenvalue weighted by atomic mass is 10.1. The van der Waals surface area contributed by atoms with E-state index in [0.29, 0.717) is 17.8 Å². The number of nitrogens with two attached hydrogens (primary N) is 1. The van der Waals surface area contributed by atoms with Crippen molar-refractivity contribution >= 4 is 29.3 Å². The summed E-state index contributed by atoms with van der Waals surface area (Å²) >= 11 is 0. The Morgan fingerprint density at radius 1 is 1.32 bits per heavy atom. The van der Waals surface area contributed by atoms with E-state index in [4.69, 9.17) is 15.6 Å². The van der Waals surface area contributed by atoms with Crippen molar-refractivity contribution in [2.24, 2.45) is 5.73 Å². The Labute approximate surface area is 193 Å². The highest BCUT2D eigenvalue weighted by Gasteiger charge is 2.22. The number of rotatable bonds is 10. The summed E-state index contributed by atoms with van der Waals surface area (Å²) in [5.74, 6) is -1.67. The van der Waals surface area contributed by atoms with Gasteiger partial charge < -0.3 is 31.5 Å². The summed E-state index contributed by atoms with van der Waals surface area (Å²) < 4.78 is 21.4. The quantitative estimate of drug-likeness (QED) is 0.291. The number of aromatic nitrogens is 5. The molecule has 0 fully saturated rings. The molecule has 6 N–H and O–H groups in total. The van der Waals surface area contributed by atoms with Crippen LogP contribution in [0.25, 0.3) is 5.69 Å². The Morgan fingerprint density at radius 2 is 2.09 bits per heavy atom. The number of carboxylic acid groups (broad SMARTS) is 1. The van der Waals surface area contributed by atoms with Gasteiger partial charge in [-0.05, 0) is 25.5 Å². The van der Waals surface area contributed by atoms with E-state index in [1.165, 1.54) is 24.2 Å². The lowest BCUT2D eigenvalue weighted by Gasteiger charge is -2.24. The van der Waals surface area contributed by atoms with Crippen molar-refractivity contribution in [2.45, 2.75) is 32.4 Å². The minimum atomic E-state index is -1.20. The molecule has 3 aromatic heterocycles. The highest BCUT2D eigenvalue weighted by atomic mass is 19.1. The number of anilines is 3. The predicted octanol–water partition coefficient (Wildman–Crippen LogP) is 1.89. The number of ether oxygens (including phenoxy) is 1. The summed E-state index contributed by atoms with van der Waals surface area (Å²) in [5, 5.41) is 24.8. The first-order chi connectivity index (χ1) is 16.2. The molecule has 0 saturated carbocycles. The van der Waals surface area contributed by atoms with Crippen LogP contribution < -0.4 is 26.4 Å². The van der Waals surface area contributed by atoms with E-state index < -0.39 is 29.9 Å². The highest BCUT2D eigenvalue weighted by molar-refractivity contribution is 5.98. The minimum Gasteiger partial charge on any atom is -0.479 e. The number of carbonyl (C=O) groups is 2. The second kappa shape index (κ2) is 10.4. The molecule has 0 radical (unpaired) electrons. The van der Waals surface area contributed by atoms with E-state index in [2.05, 4.69) is 36.2 Å². The molecule has 14 heteroatoms. The van der Waals surface area contributed by atoms with Gasteiger partial charge >= 0.3 is 6.09 Å². The van der Waals surface area contributed by atoms with Crippen molar-refractivity contribution in [3.05, 3.63) is 42.1 Å². The zero-order valence-corrected chi connectivity index (χ0v) is 18.6. The molecule has 0 aliphatic rings. The summed E-state index contributed by atoms with van der Waals surface area (Å²) in [5.41, 5.74) is 6.07. The molecule has 0 bridgehead atoms. The van der Waals surface area contributed by atoms with Gasteiger partial charge in [-0.25, -0.2) is 23.8 Å². The molecule has 2 atom stereocenters. The maximum Gasteiger partial charge on any atom is 0.404 e. The maximum absolute atomic E-state index is 14.7. The summed E-state index contributed by atoms with van der Waals surface area (Å²) in [6.07, 6.45) is 3.75. The van der Waals surface area contributed by atoms with E-state index in [9.17, 15) is 14.0 Å². The molecule has 0 aliphatic carbocycles. The van der Waals surface area contributed by atoms with Crippen LogP contribution in [0.4, 0.5) is 26.5 Å². The molecule has 3 aromatic rings. The monoisotopic (exact) mass is 473 g/mol. The first-order valence-electron chi connectivity index (χ1n) is 10.2. The molecular weight excluding hydrogens is 449 g/mol. The van der Waals surface area contributed by atoms with E-state index in [1.54, 1.807) is 26.1 Å². The average molecular weight is 473 g/mol. The van der Waals surface area contributed by atoms with Gasteiger partial charge in [0, 0.05) is 6.04 Å². The number of pyridine rings is 2. The molecule has 2 amide bonds. The average Bonchev–Trinajstić information content (AvgIpc) is 3.33. The number of nitrogens with one attached hydrogen (secondary N) is 3. The van der Waals surface area contributed by atoms with Crippen LogP contribution >= 0.6 is 0 Å². The lowest BCUT2D eigenvalue weighted by molar-refractivity contribution is 0.100. The number of halogens is 1. The smallest absolute Gasteiger partial charge is 0.404 e. The zero-order valence-electron chi connectivity index (χ0n) is 18.6. The molecule has 13 nitrogen and oxygen atoms in total. The number of carbonyl (C=O) groups excluding carboxylic acids is 1. The minimum absolute atomic E-state index is 0.0284. The number of hydrogen-bond donors (Lipinski definition) is 5. The fourth-order valence-electron chi connectivity index (χ4n) is 3.23.